The number of thiophene rings is 1. The first-order valence-electron chi connectivity index (χ1n) is 7.31. The van der Waals surface area contributed by atoms with E-state index in [4.69, 9.17) is 5.11 Å². The Bertz CT molecular complexity index is 873. The molecule has 0 unspecified atom stereocenters. The molecule has 24 heavy (non-hydrogen) atoms. The topological polar surface area (TPSA) is 91.8 Å². The number of carboxylic acid groups (broad SMARTS) is 1. The number of carbonyl (C=O) groups excluding carboxylic acids is 1. The minimum Gasteiger partial charge on any atom is -0.481 e. The van der Waals surface area contributed by atoms with Gasteiger partial charge in [0.2, 0.25) is 9.84 Å². The van der Waals surface area contributed by atoms with Crippen LogP contribution in [-0.2, 0) is 14.6 Å². The lowest BCUT2D eigenvalue weighted by atomic mass is 10.1. The lowest BCUT2D eigenvalue weighted by Gasteiger charge is -2.14. The van der Waals surface area contributed by atoms with E-state index in [0.29, 0.717) is 17.8 Å². The summed E-state index contributed by atoms with van der Waals surface area (Å²) in [6, 6.07) is 10.9. The number of sulfone groups is 1. The van der Waals surface area contributed by atoms with Crippen molar-refractivity contribution in [2.24, 2.45) is 5.92 Å². The number of likely N-dealkylation sites (tertiary alicyclic amines) is 1. The molecule has 0 bridgehead atoms. The van der Waals surface area contributed by atoms with Crippen molar-refractivity contribution in [1.82, 2.24) is 4.90 Å². The van der Waals surface area contributed by atoms with Crippen LogP contribution in [0.1, 0.15) is 16.1 Å². The monoisotopic (exact) mass is 365 g/mol. The van der Waals surface area contributed by atoms with Gasteiger partial charge < -0.3 is 10.0 Å². The van der Waals surface area contributed by atoms with Gasteiger partial charge in [-0.25, -0.2) is 8.42 Å². The zero-order valence-corrected chi connectivity index (χ0v) is 14.2. The van der Waals surface area contributed by atoms with Crippen molar-refractivity contribution in [2.75, 3.05) is 13.1 Å². The molecule has 1 fully saturated rings. The van der Waals surface area contributed by atoms with Crippen molar-refractivity contribution < 1.29 is 23.1 Å². The van der Waals surface area contributed by atoms with Crippen LogP contribution in [0.4, 0.5) is 0 Å². The van der Waals surface area contributed by atoms with Gasteiger partial charge in [0.1, 0.15) is 4.21 Å². The third kappa shape index (κ3) is 3.07. The number of hydrogen-bond donors (Lipinski definition) is 1. The second kappa shape index (κ2) is 6.37. The highest BCUT2D eigenvalue weighted by atomic mass is 32.2. The molecule has 1 aliphatic rings. The summed E-state index contributed by atoms with van der Waals surface area (Å²) < 4.78 is 25.2. The zero-order valence-electron chi connectivity index (χ0n) is 12.6. The maximum atomic E-state index is 12.5. The van der Waals surface area contributed by atoms with Crippen molar-refractivity contribution in [3.63, 3.8) is 0 Å². The van der Waals surface area contributed by atoms with Crippen LogP contribution in [-0.4, -0.2) is 43.4 Å². The van der Waals surface area contributed by atoms with Gasteiger partial charge in [0.05, 0.1) is 15.7 Å². The Morgan fingerprint density at radius 3 is 2.46 bits per heavy atom. The number of aliphatic carboxylic acids is 1. The van der Waals surface area contributed by atoms with Gasteiger partial charge in [0, 0.05) is 13.1 Å². The molecule has 8 heteroatoms. The average molecular weight is 365 g/mol. The first-order chi connectivity index (χ1) is 11.4. The minimum atomic E-state index is -3.65. The molecule has 1 aliphatic heterocycles. The van der Waals surface area contributed by atoms with Crippen LogP contribution in [0.5, 0.6) is 0 Å². The third-order valence-electron chi connectivity index (χ3n) is 3.94. The van der Waals surface area contributed by atoms with Crippen molar-refractivity contribution >= 4 is 33.1 Å². The first kappa shape index (κ1) is 16.7. The van der Waals surface area contributed by atoms with Crippen LogP contribution in [0, 0.1) is 5.92 Å². The van der Waals surface area contributed by atoms with Gasteiger partial charge in [-0.2, -0.15) is 0 Å². The maximum Gasteiger partial charge on any atom is 0.308 e. The third-order valence-corrected chi connectivity index (χ3v) is 7.27. The summed E-state index contributed by atoms with van der Waals surface area (Å²) >= 11 is 0.913. The lowest BCUT2D eigenvalue weighted by Crippen LogP contribution is -2.29. The molecular formula is C16H15NO5S2. The van der Waals surface area contributed by atoms with Crippen LogP contribution >= 0.6 is 11.3 Å². The molecule has 0 radical (unpaired) electrons. The molecule has 3 rings (SSSR count). The number of carboxylic acids is 1. The molecule has 2 aromatic rings. The Hall–Kier alpha value is -2.19. The van der Waals surface area contributed by atoms with Gasteiger partial charge in [-0.3, -0.25) is 9.59 Å². The summed E-state index contributed by atoms with van der Waals surface area (Å²) in [6.07, 6.45) is 0.418. The van der Waals surface area contributed by atoms with E-state index in [2.05, 4.69) is 0 Å². The zero-order chi connectivity index (χ0) is 17.3. The van der Waals surface area contributed by atoms with Crippen LogP contribution < -0.4 is 0 Å². The molecule has 2 heterocycles. The highest BCUT2D eigenvalue weighted by molar-refractivity contribution is 7.93. The van der Waals surface area contributed by atoms with E-state index in [0.717, 1.165) is 11.3 Å². The number of amides is 1. The summed E-state index contributed by atoms with van der Waals surface area (Å²) in [4.78, 5) is 25.4. The first-order valence-corrected chi connectivity index (χ1v) is 9.61. The molecule has 1 amide bonds. The van der Waals surface area contributed by atoms with Crippen LogP contribution in [0.2, 0.25) is 0 Å². The fourth-order valence-electron chi connectivity index (χ4n) is 2.60. The molecule has 1 atom stereocenters. The van der Waals surface area contributed by atoms with Gasteiger partial charge in [-0.1, -0.05) is 18.2 Å². The molecule has 126 valence electrons. The van der Waals surface area contributed by atoms with E-state index >= 15 is 0 Å². The van der Waals surface area contributed by atoms with Crippen LogP contribution in [0.15, 0.2) is 51.6 Å². The summed E-state index contributed by atoms with van der Waals surface area (Å²) in [5, 5.41) is 9.01. The van der Waals surface area contributed by atoms with E-state index in [1.54, 1.807) is 18.2 Å². The van der Waals surface area contributed by atoms with Crippen molar-refractivity contribution in [2.45, 2.75) is 15.5 Å². The maximum absolute atomic E-state index is 12.5. The Kier molecular flexibility index (Phi) is 4.42. The van der Waals surface area contributed by atoms with Gasteiger partial charge in [0.25, 0.3) is 5.91 Å². The second-order valence-electron chi connectivity index (χ2n) is 5.51. The Morgan fingerprint density at radius 2 is 1.83 bits per heavy atom. The van der Waals surface area contributed by atoms with E-state index in [9.17, 15) is 18.0 Å². The van der Waals surface area contributed by atoms with Gasteiger partial charge in [-0.15, -0.1) is 11.3 Å². The highest BCUT2D eigenvalue weighted by Gasteiger charge is 2.32. The summed E-state index contributed by atoms with van der Waals surface area (Å²) in [6.45, 7) is 0.529. The second-order valence-corrected chi connectivity index (χ2v) is 8.77. The van der Waals surface area contributed by atoms with Crippen LogP contribution in [0.3, 0.4) is 0 Å². The van der Waals surface area contributed by atoms with Gasteiger partial charge >= 0.3 is 5.97 Å². The summed E-state index contributed by atoms with van der Waals surface area (Å²) in [7, 11) is -3.65. The molecule has 0 spiro atoms. The number of rotatable bonds is 4. The fourth-order valence-corrected chi connectivity index (χ4v) is 5.29. The van der Waals surface area contributed by atoms with E-state index in [1.165, 1.54) is 29.2 Å². The predicted octanol–water partition coefficient (Wildman–Crippen LogP) is 2.13. The average Bonchev–Trinajstić information content (AvgIpc) is 3.25. The molecule has 6 nitrogen and oxygen atoms in total. The van der Waals surface area contributed by atoms with Gasteiger partial charge in [-0.05, 0) is 30.7 Å². The van der Waals surface area contributed by atoms with E-state index < -0.39 is 21.7 Å². The molecule has 1 N–H and O–H groups in total. The summed E-state index contributed by atoms with van der Waals surface area (Å²) in [5.41, 5.74) is 0. The Morgan fingerprint density at radius 1 is 1.12 bits per heavy atom. The van der Waals surface area contributed by atoms with Gasteiger partial charge in [0.15, 0.2) is 0 Å². The minimum absolute atomic E-state index is 0.103. The standard InChI is InChI=1S/C16H15NO5S2/c18-15(17-9-8-11(10-17)16(19)20)13-6-7-14(23-13)24(21,22)12-4-2-1-3-5-12/h1-7,11H,8-10H2,(H,19,20)/t11-/m1/s1. The highest BCUT2D eigenvalue weighted by Crippen LogP contribution is 2.29. The Labute approximate surface area is 143 Å². The van der Waals surface area contributed by atoms with E-state index in [-0.39, 0.29) is 21.6 Å². The quantitative estimate of drug-likeness (QED) is 0.896. The van der Waals surface area contributed by atoms with Crippen molar-refractivity contribution in [1.29, 1.82) is 0 Å². The molecular weight excluding hydrogens is 350 g/mol. The number of benzene rings is 1. The largest absolute Gasteiger partial charge is 0.481 e. The molecule has 0 saturated carbocycles. The summed E-state index contributed by atoms with van der Waals surface area (Å²) in [5.74, 6) is -1.79. The molecule has 0 aliphatic carbocycles. The van der Waals surface area contributed by atoms with Crippen molar-refractivity contribution in [3.8, 4) is 0 Å². The van der Waals surface area contributed by atoms with Crippen molar-refractivity contribution in [3.05, 3.63) is 47.3 Å². The fraction of sp³-hybridized carbons (Fsp3) is 0.250. The number of nitrogens with zero attached hydrogens (tertiary/aromatic N) is 1. The van der Waals surface area contributed by atoms with E-state index in [1.807, 2.05) is 0 Å². The molecule has 1 saturated heterocycles. The number of carbonyl (C=O) groups is 2. The smallest absolute Gasteiger partial charge is 0.308 e. The predicted molar refractivity (Wildman–Crippen MR) is 87.9 cm³/mol. The Balaban J connectivity index is 1.81. The number of hydrogen-bond acceptors (Lipinski definition) is 5. The lowest BCUT2D eigenvalue weighted by molar-refractivity contribution is -0.141. The molecule has 1 aromatic heterocycles. The normalized spacial score (nSPS) is 17.8. The SMILES string of the molecule is O=C(O)[C@@H]1CCN(C(=O)c2ccc(S(=O)(=O)c3ccccc3)s2)C1. The van der Waals surface area contributed by atoms with Crippen LogP contribution in [0.25, 0.3) is 0 Å². The molecule has 1 aromatic carbocycles.